The van der Waals surface area contributed by atoms with Gasteiger partial charge in [0, 0.05) is 18.7 Å². The number of hydrogen-bond donors (Lipinski definition) is 1. The van der Waals surface area contributed by atoms with Gasteiger partial charge in [-0.3, -0.25) is 4.79 Å². The lowest BCUT2D eigenvalue weighted by molar-refractivity contribution is -0.119. The smallest absolute Gasteiger partial charge is 0.227 e. The summed E-state index contributed by atoms with van der Waals surface area (Å²) in [6.07, 6.45) is 1.70. The van der Waals surface area contributed by atoms with E-state index in [1.165, 1.54) is 5.56 Å². The summed E-state index contributed by atoms with van der Waals surface area (Å²) in [5.74, 6) is 0.844. The molecule has 2 aliphatic heterocycles. The lowest BCUT2D eigenvalue weighted by Crippen LogP contribution is -2.45. The van der Waals surface area contributed by atoms with Crippen LogP contribution in [0, 0.1) is 5.92 Å². The van der Waals surface area contributed by atoms with Gasteiger partial charge in [0.2, 0.25) is 5.91 Å². The number of anilines is 1. The Bertz CT molecular complexity index is 412. The van der Waals surface area contributed by atoms with Gasteiger partial charge in [-0.15, -0.1) is 0 Å². The minimum Gasteiger partial charge on any atom is -0.316 e. The average Bonchev–Trinajstić information content (AvgIpc) is 2.67. The number of carbonyl (C=O) groups excluding carboxylic acids is 1. The monoisotopic (exact) mass is 216 g/mol. The van der Waals surface area contributed by atoms with Crippen LogP contribution >= 0.6 is 0 Å². The molecule has 0 aliphatic carbocycles. The first kappa shape index (κ1) is 9.85. The second-order valence-corrected chi connectivity index (χ2v) is 4.65. The average molecular weight is 216 g/mol. The first-order valence-corrected chi connectivity index (χ1v) is 5.93. The largest absolute Gasteiger partial charge is 0.316 e. The molecule has 16 heavy (non-hydrogen) atoms. The number of fused-ring (bicyclic) bond motifs is 1. The Morgan fingerprint density at radius 3 is 2.94 bits per heavy atom. The standard InChI is InChI=1S/C13H16N2O/c16-13(7-10-8-14-9-10)15-6-5-11-3-1-2-4-12(11)15/h1-4,10,14H,5-9H2. The first-order valence-electron chi connectivity index (χ1n) is 5.93. The van der Waals surface area contributed by atoms with Gasteiger partial charge in [0.1, 0.15) is 0 Å². The van der Waals surface area contributed by atoms with Gasteiger partial charge in [-0.05, 0) is 37.1 Å². The minimum absolute atomic E-state index is 0.288. The summed E-state index contributed by atoms with van der Waals surface area (Å²) in [6.45, 7) is 2.86. The molecule has 1 saturated heterocycles. The highest BCUT2D eigenvalue weighted by Gasteiger charge is 2.27. The third-order valence-corrected chi connectivity index (χ3v) is 3.52. The molecular weight excluding hydrogens is 200 g/mol. The molecule has 0 unspecified atom stereocenters. The van der Waals surface area contributed by atoms with Crippen LogP contribution in [0.2, 0.25) is 0 Å². The fourth-order valence-corrected chi connectivity index (χ4v) is 2.45. The topological polar surface area (TPSA) is 32.3 Å². The van der Waals surface area contributed by atoms with Crippen molar-refractivity contribution in [3.05, 3.63) is 29.8 Å². The second-order valence-electron chi connectivity index (χ2n) is 4.65. The van der Waals surface area contributed by atoms with Gasteiger partial charge in [0.05, 0.1) is 0 Å². The van der Waals surface area contributed by atoms with Gasteiger partial charge in [0.25, 0.3) is 0 Å². The van der Waals surface area contributed by atoms with E-state index in [2.05, 4.69) is 17.4 Å². The second kappa shape index (κ2) is 3.91. The molecule has 1 N–H and O–H groups in total. The van der Waals surface area contributed by atoms with Crippen LogP contribution in [0.4, 0.5) is 5.69 Å². The summed E-state index contributed by atoms with van der Waals surface area (Å²) in [5, 5.41) is 3.21. The van der Waals surface area contributed by atoms with Crippen molar-refractivity contribution in [2.24, 2.45) is 5.92 Å². The van der Waals surface area contributed by atoms with E-state index in [0.29, 0.717) is 12.3 Å². The fraction of sp³-hybridized carbons (Fsp3) is 0.462. The third kappa shape index (κ3) is 1.61. The Labute approximate surface area is 95.4 Å². The van der Waals surface area contributed by atoms with E-state index in [-0.39, 0.29) is 5.91 Å². The van der Waals surface area contributed by atoms with Crippen molar-refractivity contribution >= 4 is 11.6 Å². The zero-order chi connectivity index (χ0) is 11.0. The van der Waals surface area contributed by atoms with E-state index < -0.39 is 0 Å². The number of hydrogen-bond acceptors (Lipinski definition) is 2. The van der Waals surface area contributed by atoms with E-state index >= 15 is 0 Å². The van der Waals surface area contributed by atoms with Gasteiger partial charge in [0.15, 0.2) is 0 Å². The number of nitrogens with zero attached hydrogens (tertiary/aromatic N) is 1. The normalized spacial score (nSPS) is 19.4. The Hall–Kier alpha value is -1.35. The highest BCUT2D eigenvalue weighted by Crippen LogP contribution is 2.28. The lowest BCUT2D eigenvalue weighted by Gasteiger charge is -2.28. The van der Waals surface area contributed by atoms with E-state index in [4.69, 9.17) is 0 Å². The molecule has 0 aromatic heterocycles. The molecule has 0 saturated carbocycles. The molecule has 0 atom stereocenters. The predicted molar refractivity (Wildman–Crippen MR) is 63.5 cm³/mol. The van der Waals surface area contributed by atoms with Crippen LogP contribution in [-0.4, -0.2) is 25.5 Å². The number of nitrogens with one attached hydrogen (secondary N) is 1. The first-order chi connectivity index (χ1) is 7.84. The maximum Gasteiger partial charge on any atom is 0.227 e. The molecule has 3 heteroatoms. The number of para-hydroxylation sites is 1. The van der Waals surface area contributed by atoms with Crippen molar-refractivity contribution in [2.75, 3.05) is 24.5 Å². The summed E-state index contributed by atoms with van der Waals surface area (Å²) in [5.41, 5.74) is 2.43. The van der Waals surface area contributed by atoms with Crippen LogP contribution in [-0.2, 0) is 11.2 Å². The van der Waals surface area contributed by atoms with E-state index in [0.717, 1.165) is 31.7 Å². The predicted octanol–water partition coefficient (Wildman–Crippen LogP) is 1.19. The molecule has 2 heterocycles. The molecule has 2 aliphatic rings. The molecule has 1 amide bonds. The Balaban J connectivity index is 1.73. The SMILES string of the molecule is O=C(CC1CNC1)N1CCc2ccccc21. The molecule has 1 aromatic rings. The molecule has 3 nitrogen and oxygen atoms in total. The van der Waals surface area contributed by atoms with Crippen molar-refractivity contribution in [1.82, 2.24) is 5.32 Å². The van der Waals surface area contributed by atoms with Crippen LogP contribution in [0.15, 0.2) is 24.3 Å². The summed E-state index contributed by atoms with van der Waals surface area (Å²) in [4.78, 5) is 14.1. The quantitative estimate of drug-likeness (QED) is 0.805. The molecular formula is C13H16N2O. The highest BCUT2D eigenvalue weighted by molar-refractivity contribution is 5.95. The van der Waals surface area contributed by atoms with Gasteiger partial charge < -0.3 is 10.2 Å². The molecule has 84 valence electrons. The van der Waals surface area contributed by atoms with E-state index in [1.54, 1.807) is 0 Å². The van der Waals surface area contributed by atoms with Crippen LogP contribution in [0.1, 0.15) is 12.0 Å². The number of benzene rings is 1. The summed E-state index contributed by atoms with van der Waals surface area (Å²) < 4.78 is 0. The Morgan fingerprint density at radius 1 is 1.38 bits per heavy atom. The molecule has 0 radical (unpaired) electrons. The van der Waals surface area contributed by atoms with Crippen molar-refractivity contribution in [1.29, 1.82) is 0 Å². The number of rotatable bonds is 2. The number of amides is 1. The zero-order valence-electron chi connectivity index (χ0n) is 9.28. The van der Waals surface area contributed by atoms with Crippen molar-refractivity contribution in [3.8, 4) is 0 Å². The van der Waals surface area contributed by atoms with E-state index in [1.807, 2.05) is 17.0 Å². The van der Waals surface area contributed by atoms with Crippen LogP contribution in [0.25, 0.3) is 0 Å². The summed E-state index contributed by atoms with van der Waals surface area (Å²) in [6, 6.07) is 8.23. The Kier molecular flexibility index (Phi) is 2.40. The molecule has 0 spiro atoms. The minimum atomic E-state index is 0.288. The number of carbonyl (C=O) groups is 1. The van der Waals surface area contributed by atoms with Gasteiger partial charge in [-0.25, -0.2) is 0 Å². The van der Waals surface area contributed by atoms with E-state index in [9.17, 15) is 4.79 Å². The van der Waals surface area contributed by atoms with Crippen LogP contribution < -0.4 is 10.2 Å². The van der Waals surface area contributed by atoms with Crippen LogP contribution in [0.5, 0.6) is 0 Å². The third-order valence-electron chi connectivity index (χ3n) is 3.52. The fourth-order valence-electron chi connectivity index (χ4n) is 2.45. The maximum atomic E-state index is 12.1. The van der Waals surface area contributed by atoms with Crippen molar-refractivity contribution in [3.63, 3.8) is 0 Å². The molecule has 3 rings (SSSR count). The summed E-state index contributed by atoms with van der Waals surface area (Å²) >= 11 is 0. The molecule has 0 bridgehead atoms. The molecule has 1 aromatic carbocycles. The van der Waals surface area contributed by atoms with Gasteiger partial charge in [-0.1, -0.05) is 18.2 Å². The highest BCUT2D eigenvalue weighted by atomic mass is 16.2. The summed E-state index contributed by atoms with van der Waals surface area (Å²) in [7, 11) is 0. The van der Waals surface area contributed by atoms with Gasteiger partial charge >= 0.3 is 0 Å². The van der Waals surface area contributed by atoms with Crippen LogP contribution in [0.3, 0.4) is 0 Å². The molecule has 1 fully saturated rings. The van der Waals surface area contributed by atoms with Crippen molar-refractivity contribution < 1.29 is 4.79 Å². The van der Waals surface area contributed by atoms with Gasteiger partial charge in [-0.2, -0.15) is 0 Å². The lowest BCUT2D eigenvalue weighted by atomic mass is 9.99. The maximum absolute atomic E-state index is 12.1. The Morgan fingerprint density at radius 2 is 2.19 bits per heavy atom. The zero-order valence-corrected chi connectivity index (χ0v) is 9.28. The van der Waals surface area contributed by atoms with Crippen molar-refractivity contribution in [2.45, 2.75) is 12.8 Å².